The Balaban J connectivity index is 3.83. The lowest BCUT2D eigenvalue weighted by Crippen LogP contribution is -2.38. The summed E-state index contributed by atoms with van der Waals surface area (Å²) < 4.78 is 0. The smallest absolute Gasteiger partial charge is 0.0728 e. The van der Waals surface area contributed by atoms with Gasteiger partial charge in [-0.25, -0.2) is 0 Å². The van der Waals surface area contributed by atoms with Gasteiger partial charge >= 0.3 is 0 Å². The van der Waals surface area contributed by atoms with Crippen LogP contribution in [0.3, 0.4) is 0 Å². The lowest BCUT2D eigenvalue weighted by molar-refractivity contribution is 0.703. The topological polar surface area (TPSA) is 0 Å². The van der Waals surface area contributed by atoms with Crippen LogP contribution in [0.1, 0.15) is 83.1 Å². The molecule has 1 unspecified atom stereocenters. The molecule has 0 fully saturated rings. The number of allylic oxidation sites excluding steroid dienone is 4. The molecule has 1 rings (SSSR count). The van der Waals surface area contributed by atoms with Crippen molar-refractivity contribution in [2.24, 2.45) is 0 Å². The van der Waals surface area contributed by atoms with Crippen LogP contribution in [0, 0.1) is 0 Å². The van der Waals surface area contributed by atoms with E-state index in [1.54, 1.807) is 5.57 Å². The fourth-order valence-electron chi connectivity index (χ4n) is 6.02. The molecule has 0 bridgehead atoms. The van der Waals surface area contributed by atoms with E-state index in [2.05, 4.69) is 128 Å². The first-order valence-electron chi connectivity index (χ1n) is 13.2. The van der Waals surface area contributed by atoms with Gasteiger partial charge in [-0.05, 0) is 44.1 Å². The highest BCUT2D eigenvalue weighted by Gasteiger charge is 2.46. The van der Waals surface area contributed by atoms with E-state index in [9.17, 15) is 0 Å². The van der Waals surface area contributed by atoms with Gasteiger partial charge in [0.25, 0.3) is 0 Å². The molecule has 0 aromatic rings. The van der Waals surface area contributed by atoms with Crippen LogP contribution in [0.4, 0.5) is 0 Å². The standard InChI is InChI=1S/C29H60P2Si2/c1-26(2,3)30(27(4,5)6)20-22-19-24(32(13,14)15)25(33(16,17)18)23(22)21-31(28(7,8)9)29(10,11)12/h19,25H,20-21H2,1-18H3. The zero-order valence-corrected chi connectivity index (χ0v) is 29.8. The maximum Gasteiger partial charge on any atom is 0.0728 e. The van der Waals surface area contributed by atoms with Crippen LogP contribution in [0.25, 0.3) is 0 Å². The number of rotatable bonds is 6. The molecule has 0 heterocycles. The molecular weight excluding hydrogens is 466 g/mol. The van der Waals surface area contributed by atoms with E-state index in [4.69, 9.17) is 0 Å². The van der Waals surface area contributed by atoms with Gasteiger partial charge in [-0.1, -0.05) is 155 Å². The highest BCUT2D eigenvalue weighted by atomic mass is 31.1. The summed E-state index contributed by atoms with van der Waals surface area (Å²) in [5, 5.41) is 3.36. The fourth-order valence-corrected chi connectivity index (χ4v) is 20.1. The van der Waals surface area contributed by atoms with Crippen molar-refractivity contribution in [2.75, 3.05) is 12.3 Å². The molecule has 1 aliphatic rings. The van der Waals surface area contributed by atoms with Crippen molar-refractivity contribution in [2.45, 2.75) is 149 Å². The highest BCUT2D eigenvalue weighted by Crippen LogP contribution is 2.65. The Labute approximate surface area is 214 Å². The lowest BCUT2D eigenvalue weighted by Gasteiger charge is -2.45. The fraction of sp³-hybridized carbons (Fsp3) is 0.862. The first-order chi connectivity index (χ1) is 14.2. The molecular formula is C29H60P2Si2. The van der Waals surface area contributed by atoms with Crippen LogP contribution in [0.5, 0.6) is 0 Å². The van der Waals surface area contributed by atoms with Gasteiger partial charge in [-0.2, -0.15) is 0 Å². The molecule has 33 heavy (non-hydrogen) atoms. The Bertz CT molecular complexity index is 720. The van der Waals surface area contributed by atoms with Crippen LogP contribution in [0.15, 0.2) is 22.4 Å². The summed E-state index contributed by atoms with van der Waals surface area (Å²) in [6.07, 6.45) is 5.44. The number of hydrogen-bond acceptors (Lipinski definition) is 0. The summed E-state index contributed by atoms with van der Waals surface area (Å²) in [6, 6.07) is 0. The molecule has 194 valence electrons. The third-order valence-electron chi connectivity index (χ3n) is 7.03. The highest BCUT2D eigenvalue weighted by molar-refractivity contribution is 7.61. The zero-order chi connectivity index (χ0) is 26.6. The minimum absolute atomic E-state index is 0.136. The van der Waals surface area contributed by atoms with Crippen molar-refractivity contribution in [1.29, 1.82) is 0 Å². The largest absolute Gasteiger partial charge is 0.0915 e. The van der Waals surface area contributed by atoms with Crippen molar-refractivity contribution in [1.82, 2.24) is 0 Å². The monoisotopic (exact) mass is 526 g/mol. The molecule has 0 aliphatic heterocycles. The third-order valence-corrected chi connectivity index (χ3v) is 19.7. The minimum Gasteiger partial charge on any atom is -0.0915 e. The van der Waals surface area contributed by atoms with Crippen molar-refractivity contribution in [3.63, 3.8) is 0 Å². The maximum absolute atomic E-state index is 2.79. The van der Waals surface area contributed by atoms with Crippen LogP contribution >= 0.6 is 15.8 Å². The molecule has 0 aromatic carbocycles. The molecule has 0 amide bonds. The second-order valence-electron chi connectivity index (χ2n) is 16.6. The SMILES string of the molecule is CC(C)(C)P(CC1=C(CP(C(C)(C)C)C(C)(C)C)C([Si](C)(C)C)C([Si](C)(C)C)=C1)C(C)(C)C. The third kappa shape index (κ3) is 8.40. The van der Waals surface area contributed by atoms with E-state index in [1.807, 2.05) is 10.8 Å². The van der Waals surface area contributed by atoms with Gasteiger partial charge in [0.15, 0.2) is 0 Å². The van der Waals surface area contributed by atoms with Crippen LogP contribution in [-0.2, 0) is 0 Å². The summed E-state index contributed by atoms with van der Waals surface area (Å²) in [6.45, 7) is 45.7. The van der Waals surface area contributed by atoms with Crippen molar-refractivity contribution in [3.05, 3.63) is 22.4 Å². The van der Waals surface area contributed by atoms with E-state index < -0.39 is 16.1 Å². The predicted molar refractivity (Wildman–Crippen MR) is 168 cm³/mol. The van der Waals surface area contributed by atoms with Crippen LogP contribution in [-0.4, -0.2) is 49.1 Å². The first-order valence-corrected chi connectivity index (χ1v) is 23.3. The predicted octanol–water partition coefficient (Wildman–Crippen LogP) is 11.0. The van der Waals surface area contributed by atoms with Gasteiger partial charge < -0.3 is 0 Å². The summed E-state index contributed by atoms with van der Waals surface area (Å²) >= 11 is 0. The molecule has 0 nitrogen and oxygen atoms in total. The molecule has 0 saturated carbocycles. The van der Waals surface area contributed by atoms with Gasteiger partial charge in [0.1, 0.15) is 0 Å². The average molecular weight is 527 g/mol. The van der Waals surface area contributed by atoms with E-state index in [-0.39, 0.29) is 15.8 Å². The Hall–Kier alpha value is 0.774. The van der Waals surface area contributed by atoms with Crippen LogP contribution < -0.4 is 0 Å². The van der Waals surface area contributed by atoms with Gasteiger partial charge in [-0.3, -0.25) is 0 Å². The molecule has 4 heteroatoms. The minimum atomic E-state index is -1.40. The molecule has 0 spiro atoms. The molecule has 1 atom stereocenters. The maximum atomic E-state index is 2.79. The Morgan fingerprint density at radius 3 is 1.21 bits per heavy atom. The van der Waals surface area contributed by atoms with Gasteiger partial charge in [0.2, 0.25) is 0 Å². The van der Waals surface area contributed by atoms with E-state index >= 15 is 0 Å². The van der Waals surface area contributed by atoms with Gasteiger partial charge in [0, 0.05) is 0 Å². The average Bonchev–Trinajstić information content (AvgIpc) is 2.84. The molecule has 0 saturated heterocycles. The van der Waals surface area contributed by atoms with Crippen molar-refractivity contribution in [3.8, 4) is 0 Å². The Morgan fingerprint density at radius 2 is 0.939 bits per heavy atom. The van der Waals surface area contributed by atoms with Gasteiger partial charge in [0.05, 0.1) is 16.1 Å². The summed E-state index contributed by atoms with van der Waals surface area (Å²) in [5.41, 5.74) is 4.42. The van der Waals surface area contributed by atoms with E-state index in [0.29, 0.717) is 20.6 Å². The summed E-state index contributed by atoms with van der Waals surface area (Å²) in [7, 11) is -3.07. The summed E-state index contributed by atoms with van der Waals surface area (Å²) in [5.74, 6) is 0. The first kappa shape index (κ1) is 31.8. The van der Waals surface area contributed by atoms with E-state index in [1.165, 1.54) is 12.3 Å². The number of hydrogen-bond donors (Lipinski definition) is 0. The molecule has 0 N–H and O–H groups in total. The lowest BCUT2D eigenvalue weighted by atomic mass is 10.2. The Morgan fingerprint density at radius 1 is 0.606 bits per heavy atom. The normalized spacial score (nSPS) is 19.8. The second kappa shape index (κ2) is 9.91. The second-order valence-corrected chi connectivity index (χ2v) is 34.7. The quantitative estimate of drug-likeness (QED) is 0.238. The van der Waals surface area contributed by atoms with E-state index in [0.717, 1.165) is 5.54 Å². The van der Waals surface area contributed by atoms with Crippen LogP contribution in [0.2, 0.25) is 44.8 Å². The van der Waals surface area contributed by atoms with Gasteiger partial charge in [-0.15, -0.1) is 0 Å². The molecule has 0 radical (unpaired) electrons. The Kier molecular flexibility index (Phi) is 9.55. The molecule has 1 aliphatic carbocycles. The molecule has 0 aromatic heterocycles. The van der Waals surface area contributed by atoms with Crippen molar-refractivity contribution < 1.29 is 0 Å². The summed E-state index contributed by atoms with van der Waals surface area (Å²) in [4.78, 5) is 0. The van der Waals surface area contributed by atoms with Crippen molar-refractivity contribution >= 4 is 32.0 Å². The zero-order valence-electron chi connectivity index (χ0n) is 26.0.